The summed E-state index contributed by atoms with van der Waals surface area (Å²) in [5, 5.41) is 0.703. The Morgan fingerprint density at radius 1 is 1.32 bits per heavy atom. The summed E-state index contributed by atoms with van der Waals surface area (Å²) >= 11 is 6.16. The van der Waals surface area contributed by atoms with E-state index in [1.807, 2.05) is 32.0 Å². The zero-order valence-electron chi connectivity index (χ0n) is 13.5. The first kappa shape index (κ1) is 15.8. The van der Waals surface area contributed by atoms with Crippen molar-refractivity contribution in [2.75, 3.05) is 7.05 Å². The van der Waals surface area contributed by atoms with Crippen molar-refractivity contribution < 1.29 is 9.53 Å². The topological polar surface area (TPSA) is 29.5 Å². The number of halogens is 1. The number of carbonyl (C=O) groups is 1. The van der Waals surface area contributed by atoms with Gasteiger partial charge in [0.25, 0.3) is 0 Å². The van der Waals surface area contributed by atoms with Crippen LogP contribution in [0.4, 0.5) is 0 Å². The summed E-state index contributed by atoms with van der Waals surface area (Å²) in [5.41, 5.74) is 1.95. The Balaban J connectivity index is 1.63. The number of esters is 1. The number of aryl methyl sites for hydroxylation is 1. The normalized spacial score (nSPS) is 29.4. The van der Waals surface area contributed by atoms with E-state index in [-0.39, 0.29) is 18.0 Å². The minimum Gasteiger partial charge on any atom is -0.462 e. The lowest BCUT2D eigenvalue weighted by Crippen LogP contribution is -2.43. The van der Waals surface area contributed by atoms with E-state index in [9.17, 15) is 4.79 Å². The second-order valence-electron chi connectivity index (χ2n) is 6.81. The molecule has 4 heteroatoms. The van der Waals surface area contributed by atoms with Gasteiger partial charge in [-0.25, -0.2) is 0 Å². The first-order chi connectivity index (χ1) is 10.5. The maximum atomic E-state index is 12.4. The number of hydrogen-bond donors (Lipinski definition) is 0. The maximum Gasteiger partial charge on any atom is 0.313 e. The fourth-order valence-corrected chi connectivity index (χ4v) is 3.93. The van der Waals surface area contributed by atoms with Crippen LogP contribution in [-0.2, 0) is 9.53 Å². The molecule has 0 aliphatic carbocycles. The Morgan fingerprint density at radius 2 is 1.95 bits per heavy atom. The van der Waals surface area contributed by atoms with Gasteiger partial charge < -0.3 is 9.64 Å². The molecule has 0 N–H and O–H groups in total. The van der Waals surface area contributed by atoms with Gasteiger partial charge in [-0.1, -0.05) is 23.7 Å². The van der Waals surface area contributed by atoms with Crippen molar-refractivity contribution in [1.82, 2.24) is 4.90 Å². The Bertz CT molecular complexity index is 560. The average molecular weight is 322 g/mol. The van der Waals surface area contributed by atoms with Crippen molar-refractivity contribution in [2.24, 2.45) is 0 Å². The number of carbonyl (C=O) groups excluding carboxylic acids is 1. The minimum absolute atomic E-state index is 0.0737. The molecule has 2 fully saturated rings. The monoisotopic (exact) mass is 321 g/mol. The van der Waals surface area contributed by atoms with Crippen LogP contribution >= 0.6 is 11.6 Å². The molecule has 4 atom stereocenters. The lowest BCUT2D eigenvalue weighted by atomic mass is 9.98. The van der Waals surface area contributed by atoms with E-state index in [4.69, 9.17) is 16.3 Å². The lowest BCUT2D eigenvalue weighted by Gasteiger charge is -2.36. The molecule has 2 heterocycles. The van der Waals surface area contributed by atoms with E-state index in [2.05, 4.69) is 11.9 Å². The predicted octanol–water partition coefficient (Wildman–Crippen LogP) is 3.92. The molecular weight excluding hydrogens is 298 g/mol. The van der Waals surface area contributed by atoms with Crippen molar-refractivity contribution in [3.63, 3.8) is 0 Å². The van der Waals surface area contributed by atoms with Gasteiger partial charge in [0, 0.05) is 17.1 Å². The summed E-state index contributed by atoms with van der Waals surface area (Å²) in [6.45, 7) is 3.86. The summed E-state index contributed by atoms with van der Waals surface area (Å²) in [5.74, 6) is -0.399. The Labute approximate surface area is 137 Å². The van der Waals surface area contributed by atoms with Gasteiger partial charge >= 0.3 is 5.97 Å². The van der Waals surface area contributed by atoms with Gasteiger partial charge in [-0.15, -0.1) is 0 Å². The molecule has 120 valence electrons. The average Bonchev–Trinajstić information content (AvgIpc) is 2.72. The number of fused-ring (bicyclic) bond motifs is 2. The van der Waals surface area contributed by atoms with Crippen molar-refractivity contribution in [2.45, 2.75) is 63.6 Å². The third-order valence-corrected chi connectivity index (χ3v) is 5.79. The van der Waals surface area contributed by atoms with Gasteiger partial charge in [0.15, 0.2) is 0 Å². The fraction of sp³-hybridized carbons (Fsp3) is 0.611. The van der Waals surface area contributed by atoms with E-state index < -0.39 is 0 Å². The third kappa shape index (κ3) is 3.02. The van der Waals surface area contributed by atoms with Crippen LogP contribution in [-0.4, -0.2) is 36.1 Å². The molecule has 0 aromatic heterocycles. The number of benzene rings is 1. The summed E-state index contributed by atoms with van der Waals surface area (Å²) < 4.78 is 5.80. The summed E-state index contributed by atoms with van der Waals surface area (Å²) in [6, 6.07) is 6.96. The minimum atomic E-state index is -0.268. The van der Waals surface area contributed by atoms with Crippen LogP contribution in [0.5, 0.6) is 0 Å². The van der Waals surface area contributed by atoms with Crippen LogP contribution in [0.25, 0.3) is 0 Å². The van der Waals surface area contributed by atoms with Crippen molar-refractivity contribution in [3.05, 3.63) is 34.3 Å². The lowest BCUT2D eigenvalue weighted by molar-refractivity contribution is -0.153. The van der Waals surface area contributed by atoms with Crippen LogP contribution in [0.3, 0.4) is 0 Å². The predicted molar refractivity (Wildman–Crippen MR) is 88.3 cm³/mol. The smallest absolute Gasteiger partial charge is 0.313 e. The Kier molecular flexibility index (Phi) is 4.47. The zero-order valence-corrected chi connectivity index (χ0v) is 14.3. The highest BCUT2D eigenvalue weighted by Crippen LogP contribution is 2.36. The van der Waals surface area contributed by atoms with E-state index in [0.717, 1.165) is 24.0 Å². The molecule has 22 heavy (non-hydrogen) atoms. The molecule has 1 aromatic rings. The zero-order chi connectivity index (χ0) is 15.9. The van der Waals surface area contributed by atoms with Gasteiger partial charge in [-0.2, -0.15) is 0 Å². The quantitative estimate of drug-likeness (QED) is 0.790. The van der Waals surface area contributed by atoms with Gasteiger partial charge in [0.2, 0.25) is 0 Å². The van der Waals surface area contributed by atoms with Crippen LogP contribution < -0.4 is 0 Å². The number of rotatable bonds is 3. The Hall–Kier alpha value is -1.06. The highest BCUT2D eigenvalue weighted by molar-refractivity contribution is 6.31. The first-order valence-electron chi connectivity index (χ1n) is 8.14. The van der Waals surface area contributed by atoms with E-state index in [0.29, 0.717) is 17.1 Å². The molecule has 2 aliphatic heterocycles. The number of piperidine rings is 1. The fourth-order valence-electron chi connectivity index (χ4n) is 3.74. The van der Waals surface area contributed by atoms with Crippen LogP contribution in [0.15, 0.2) is 18.2 Å². The van der Waals surface area contributed by atoms with Gasteiger partial charge in [0.1, 0.15) is 6.10 Å². The van der Waals surface area contributed by atoms with Gasteiger partial charge in [-0.3, -0.25) is 4.79 Å². The Morgan fingerprint density at radius 3 is 2.55 bits per heavy atom. The third-order valence-electron chi connectivity index (χ3n) is 5.39. The number of ether oxygens (including phenoxy) is 1. The highest BCUT2D eigenvalue weighted by Gasteiger charge is 2.40. The van der Waals surface area contributed by atoms with Crippen LogP contribution in [0.1, 0.15) is 49.7 Å². The molecule has 2 aliphatic rings. The van der Waals surface area contributed by atoms with Crippen molar-refractivity contribution >= 4 is 17.6 Å². The highest BCUT2D eigenvalue weighted by atomic mass is 35.5. The first-order valence-corrected chi connectivity index (χ1v) is 8.52. The van der Waals surface area contributed by atoms with E-state index in [1.54, 1.807) is 0 Å². The molecule has 2 bridgehead atoms. The van der Waals surface area contributed by atoms with E-state index in [1.165, 1.54) is 12.8 Å². The van der Waals surface area contributed by atoms with Crippen molar-refractivity contribution in [1.29, 1.82) is 0 Å². The number of nitrogens with zero attached hydrogens (tertiary/aromatic N) is 1. The molecule has 3 nitrogen and oxygen atoms in total. The van der Waals surface area contributed by atoms with Gasteiger partial charge in [-0.05, 0) is 63.8 Å². The molecule has 2 unspecified atom stereocenters. The summed E-state index contributed by atoms with van der Waals surface area (Å²) in [6.07, 6.45) is 4.49. The molecular formula is C18H24ClNO2. The SMILES string of the molecule is Cc1ccc(C(C)C(=O)OC2C[C@H]3CC[C@@H](C2)N3C)cc1Cl. The summed E-state index contributed by atoms with van der Waals surface area (Å²) in [4.78, 5) is 14.9. The second-order valence-corrected chi connectivity index (χ2v) is 7.22. The van der Waals surface area contributed by atoms with Gasteiger partial charge in [0.05, 0.1) is 5.92 Å². The van der Waals surface area contributed by atoms with E-state index >= 15 is 0 Å². The maximum absolute atomic E-state index is 12.4. The van der Waals surface area contributed by atoms with Crippen LogP contribution in [0, 0.1) is 6.92 Å². The molecule has 3 rings (SSSR count). The molecule has 0 spiro atoms. The molecule has 0 radical (unpaired) electrons. The van der Waals surface area contributed by atoms with Crippen molar-refractivity contribution in [3.8, 4) is 0 Å². The second kappa shape index (κ2) is 6.21. The van der Waals surface area contributed by atoms with Crippen LogP contribution in [0.2, 0.25) is 5.02 Å². The number of hydrogen-bond acceptors (Lipinski definition) is 3. The molecule has 1 aromatic carbocycles. The standard InChI is InChI=1S/C18H24ClNO2/c1-11-4-5-13(8-17(11)19)12(2)18(21)22-16-9-14-6-7-15(10-16)20(14)3/h4-5,8,12,14-16H,6-7,9-10H2,1-3H3/t12?,14-,15+,16?. The molecule has 0 amide bonds. The molecule has 0 saturated carbocycles. The molecule has 2 saturated heterocycles. The summed E-state index contributed by atoms with van der Waals surface area (Å²) in [7, 11) is 2.19. The largest absolute Gasteiger partial charge is 0.462 e.